The topological polar surface area (TPSA) is 84.3 Å². The van der Waals surface area contributed by atoms with E-state index in [1.807, 2.05) is 30.3 Å². The van der Waals surface area contributed by atoms with Crippen molar-refractivity contribution in [2.24, 2.45) is 0 Å². The average Bonchev–Trinajstić information content (AvgIpc) is 2.48. The number of amides is 2. The number of carbonyl (C=O) groups is 1. The van der Waals surface area contributed by atoms with Gasteiger partial charge in [0, 0.05) is 6.54 Å². The van der Waals surface area contributed by atoms with E-state index in [2.05, 4.69) is 10.6 Å². The Bertz CT molecular complexity index is 662. The van der Waals surface area contributed by atoms with E-state index in [9.17, 15) is 19.3 Å². The van der Waals surface area contributed by atoms with Crippen molar-refractivity contribution in [1.82, 2.24) is 5.32 Å². The molecule has 0 aliphatic carbocycles. The standard InChI is InChI=1S/C14H12FN3O3/c15-11-6-7-12(13(8-11)18(20)21)17-14(19)16-9-10-4-2-1-3-5-10/h1-8H,9H2,(H2,16,17,19). The predicted molar refractivity (Wildman–Crippen MR) is 75.4 cm³/mol. The van der Waals surface area contributed by atoms with Gasteiger partial charge in [-0.3, -0.25) is 10.1 Å². The zero-order valence-corrected chi connectivity index (χ0v) is 10.9. The van der Waals surface area contributed by atoms with Crippen molar-refractivity contribution in [3.63, 3.8) is 0 Å². The van der Waals surface area contributed by atoms with E-state index in [1.54, 1.807) is 0 Å². The first-order valence-corrected chi connectivity index (χ1v) is 6.09. The first-order chi connectivity index (χ1) is 10.1. The molecule has 2 aromatic rings. The number of nitro benzene ring substituents is 1. The molecule has 0 atom stereocenters. The van der Waals surface area contributed by atoms with Gasteiger partial charge in [0.05, 0.1) is 11.0 Å². The van der Waals surface area contributed by atoms with Crippen LogP contribution < -0.4 is 10.6 Å². The van der Waals surface area contributed by atoms with Crippen LogP contribution in [-0.4, -0.2) is 11.0 Å². The van der Waals surface area contributed by atoms with Crippen LogP contribution in [0.5, 0.6) is 0 Å². The van der Waals surface area contributed by atoms with E-state index in [0.717, 1.165) is 23.8 Å². The van der Waals surface area contributed by atoms with Gasteiger partial charge in [-0.2, -0.15) is 0 Å². The van der Waals surface area contributed by atoms with Gasteiger partial charge in [-0.15, -0.1) is 0 Å². The number of nitrogens with one attached hydrogen (secondary N) is 2. The number of halogens is 1. The summed E-state index contributed by atoms with van der Waals surface area (Å²) in [4.78, 5) is 21.8. The number of nitro groups is 1. The molecule has 0 aliphatic heterocycles. The molecule has 0 saturated heterocycles. The molecule has 0 spiro atoms. The van der Waals surface area contributed by atoms with E-state index in [4.69, 9.17) is 0 Å². The van der Waals surface area contributed by atoms with Gasteiger partial charge in [-0.1, -0.05) is 30.3 Å². The highest BCUT2D eigenvalue weighted by atomic mass is 19.1. The maximum Gasteiger partial charge on any atom is 0.319 e. The van der Waals surface area contributed by atoms with Gasteiger partial charge in [-0.05, 0) is 17.7 Å². The molecule has 0 heterocycles. The first kappa shape index (κ1) is 14.4. The molecular formula is C14H12FN3O3. The molecule has 2 aromatic carbocycles. The number of hydrogen-bond donors (Lipinski definition) is 2. The number of urea groups is 1. The molecule has 0 saturated carbocycles. The molecule has 6 nitrogen and oxygen atoms in total. The predicted octanol–water partition coefficient (Wildman–Crippen LogP) is 3.06. The lowest BCUT2D eigenvalue weighted by molar-refractivity contribution is -0.384. The molecule has 108 valence electrons. The smallest absolute Gasteiger partial charge is 0.319 e. The first-order valence-electron chi connectivity index (χ1n) is 6.09. The van der Waals surface area contributed by atoms with Crippen LogP contribution in [0.4, 0.5) is 20.6 Å². The van der Waals surface area contributed by atoms with Crippen molar-refractivity contribution in [3.05, 3.63) is 70.0 Å². The Hall–Kier alpha value is -2.96. The Labute approximate surface area is 119 Å². The lowest BCUT2D eigenvalue weighted by Crippen LogP contribution is -2.28. The molecular weight excluding hydrogens is 277 g/mol. The Morgan fingerprint density at radius 1 is 1.19 bits per heavy atom. The van der Waals surface area contributed by atoms with Crippen LogP contribution in [-0.2, 0) is 6.54 Å². The molecule has 2 N–H and O–H groups in total. The van der Waals surface area contributed by atoms with Gasteiger partial charge in [-0.25, -0.2) is 9.18 Å². The zero-order valence-electron chi connectivity index (χ0n) is 10.9. The largest absolute Gasteiger partial charge is 0.334 e. The summed E-state index contributed by atoms with van der Waals surface area (Å²) in [6, 6.07) is 11.5. The lowest BCUT2D eigenvalue weighted by atomic mass is 10.2. The Balaban J connectivity index is 2.01. The van der Waals surface area contributed by atoms with Crippen molar-refractivity contribution in [3.8, 4) is 0 Å². The van der Waals surface area contributed by atoms with E-state index in [-0.39, 0.29) is 12.2 Å². The summed E-state index contributed by atoms with van der Waals surface area (Å²) in [6.07, 6.45) is 0. The van der Waals surface area contributed by atoms with Gasteiger partial charge in [0.15, 0.2) is 0 Å². The Morgan fingerprint density at radius 2 is 1.90 bits per heavy atom. The number of hydrogen-bond acceptors (Lipinski definition) is 3. The van der Waals surface area contributed by atoms with E-state index >= 15 is 0 Å². The van der Waals surface area contributed by atoms with Gasteiger partial charge in [0.2, 0.25) is 0 Å². The summed E-state index contributed by atoms with van der Waals surface area (Å²) in [5, 5.41) is 15.7. The number of nitrogens with zero attached hydrogens (tertiary/aromatic N) is 1. The van der Waals surface area contributed by atoms with Gasteiger partial charge in [0.25, 0.3) is 5.69 Å². The molecule has 2 rings (SSSR count). The van der Waals surface area contributed by atoms with E-state index in [0.29, 0.717) is 0 Å². The van der Waals surface area contributed by atoms with Crippen LogP contribution in [0.15, 0.2) is 48.5 Å². The summed E-state index contributed by atoms with van der Waals surface area (Å²) in [5.74, 6) is -0.739. The second-order valence-corrected chi connectivity index (χ2v) is 4.21. The lowest BCUT2D eigenvalue weighted by Gasteiger charge is -2.08. The van der Waals surface area contributed by atoms with Crippen molar-refractivity contribution < 1.29 is 14.1 Å². The highest BCUT2D eigenvalue weighted by molar-refractivity contribution is 5.91. The van der Waals surface area contributed by atoms with Crippen LogP contribution in [0.3, 0.4) is 0 Å². The summed E-state index contributed by atoms with van der Waals surface area (Å²) in [5.41, 5.74) is 0.332. The summed E-state index contributed by atoms with van der Waals surface area (Å²) in [7, 11) is 0. The van der Waals surface area contributed by atoms with E-state index < -0.39 is 22.5 Å². The normalized spacial score (nSPS) is 9.95. The third-order valence-corrected chi connectivity index (χ3v) is 2.70. The minimum absolute atomic E-state index is 0.0630. The van der Waals surface area contributed by atoms with Crippen molar-refractivity contribution >= 4 is 17.4 Å². The van der Waals surface area contributed by atoms with Crippen LogP contribution >= 0.6 is 0 Å². The maximum absolute atomic E-state index is 13.0. The maximum atomic E-state index is 13.0. The van der Waals surface area contributed by atoms with Gasteiger partial charge >= 0.3 is 6.03 Å². The quantitative estimate of drug-likeness (QED) is 0.670. The molecule has 0 bridgehead atoms. The van der Waals surface area contributed by atoms with Gasteiger partial charge < -0.3 is 10.6 Å². The number of anilines is 1. The monoisotopic (exact) mass is 289 g/mol. The Kier molecular flexibility index (Phi) is 4.45. The SMILES string of the molecule is O=C(NCc1ccccc1)Nc1ccc(F)cc1[N+](=O)[O-]. The minimum Gasteiger partial charge on any atom is -0.334 e. The highest BCUT2D eigenvalue weighted by Crippen LogP contribution is 2.24. The van der Waals surface area contributed by atoms with E-state index in [1.165, 1.54) is 0 Å². The fraction of sp³-hybridized carbons (Fsp3) is 0.0714. The third kappa shape index (κ3) is 4.00. The van der Waals surface area contributed by atoms with Crippen molar-refractivity contribution in [2.75, 3.05) is 5.32 Å². The fourth-order valence-corrected chi connectivity index (χ4v) is 1.71. The molecule has 2 amide bonds. The summed E-state index contributed by atoms with van der Waals surface area (Å²) in [6.45, 7) is 0.279. The molecule has 0 aliphatic rings. The Morgan fingerprint density at radius 3 is 2.57 bits per heavy atom. The molecule has 7 heteroatoms. The second kappa shape index (κ2) is 6.47. The van der Waals surface area contributed by atoms with Crippen molar-refractivity contribution in [1.29, 1.82) is 0 Å². The fourth-order valence-electron chi connectivity index (χ4n) is 1.71. The molecule has 0 radical (unpaired) electrons. The van der Waals surface area contributed by atoms with Crippen LogP contribution in [0, 0.1) is 15.9 Å². The highest BCUT2D eigenvalue weighted by Gasteiger charge is 2.16. The molecule has 21 heavy (non-hydrogen) atoms. The van der Waals surface area contributed by atoms with Crippen LogP contribution in [0.2, 0.25) is 0 Å². The second-order valence-electron chi connectivity index (χ2n) is 4.21. The number of carbonyl (C=O) groups excluding carboxylic acids is 1. The zero-order chi connectivity index (χ0) is 15.2. The molecule has 0 aromatic heterocycles. The summed E-state index contributed by atoms with van der Waals surface area (Å²) >= 11 is 0. The summed E-state index contributed by atoms with van der Waals surface area (Å²) < 4.78 is 13.0. The molecule has 0 fully saturated rings. The van der Waals surface area contributed by atoms with Crippen LogP contribution in [0.25, 0.3) is 0 Å². The minimum atomic E-state index is -0.754. The third-order valence-electron chi connectivity index (χ3n) is 2.70. The molecule has 0 unspecified atom stereocenters. The number of benzene rings is 2. The van der Waals surface area contributed by atoms with Gasteiger partial charge in [0.1, 0.15) is 11.5 Å². The average molecular weight is 289 g/mol. The van der Waals surface area contributed by atoms with Crippen LogP contribution in [0.1, 0.15) is 5.56 Å². The van der Waals surface area contributed by atoms with Crippen molar-refractivity contribution in [2.45, 2.75) is 6.54 Å². The number of rotatable bonds is 4.